The molecule has 0 unspecified atom stereocenters. The molecule has 3 heterocycles. The third-order valence-corrected chi connectivity index (χ3v) is 6.62. The Kier molecular flexibility index (Phi) is 5.48. The van der Waals surface area contributed by atoms with Crippen molar-refractivity contribution in [1.29, 1.82) is 0 Å². The van der Waals surface area contributed by atoms with Gasteiger partial charge >= 0.3 is 0 Å². The third kappa shape index (κ3) is 4.03. The topological polar surface area (TPSA) is 65.4 Å². The number of halogens is 2. The molecule has 2 aromatic carbocycles. The standard InChI is InChI=1S/C23H19ClFN3O3S/c1-13-16-9-21(32-23(16)28(27-13)12-14-3-5-15(25)6-4-14)22(29)26-18-11-20-19(10-17(18)24)30-7-2-8-31-20/h3-6,9-11H,2,7-8,12H2,1H3,(H,26,29). The molecule has 6 nitrogen and oxygen atoms in total. The molecule has 9 heteroatoms. The van der Waals surface area contributed by atoms with E-state index in [-0.39, 0.29) is 11.7 Å². The third-order valence-electron chi connectivity index (χ3n) is 5.16. The van der Waals surface area contributed by atoms with Crippen LogP contribution in [-0.2, 0) is 6.54 Å². The number of ether oxygens (including phenoxy) is 2. The highest BCUT2D eigenvalue weighted by molar-refractivity contribution is 7.20. The number of nitrogens with zero attached hydrogens (tertiary/aromatic N) is 2. The number of aryl methyl sites for hydroxylation is 1. The predicted octanol–water partition coefficient (Wildman–Crippen LogP) is 5.66. The van der Waals surface area contributed by atoms with Gasteiger partial charge in [0.25, 0.3) is 5.91 Å². The van der Waals surface area contributed by atoms with Gasteiger partial charge in [-0.15, -0.1) is 11.3 Å². The first-order valence-corrected chi connectivity index (χ1v) is 11.3. The summed E-state index contributed by atoms with van der Waals surface area (Å²) < 4.78 is 26.4. The van der Waals surface area contributed by atoms with Crippen LogP contribution in [0.2, 0.25) is 5.02 Å². The Balaban J connectivity index is 1.41. The molecule has 0 aliphatic carbocycles. The zero-order valence-corrected chi connectivity index (χ0v) is 18.7. The number of nitrogens with one attached hydrogen (secondary N) is 1. The van der Waals surface area contributed by atoms with E-state index >= 15 is 0 Å². The summed E-state index contributed by atoms with van der Waals surface area (Å²) in [7, 11) is 0. The van der Waals surface area contributed by atoms with E-state index in [1.165, 1.54) is 23.5 Å². The summed E-state index contributed by atoms with van der Waals surface area (Å²) in [6.07, 6.45) is 0.782. The number of rotatable bonds is 4. The van der Waals surface area contributed by atoms with E-state index in [0.29, 0.717) is 46.8 Å². The lowest BCUT2D eigenvalue weighted by molar-refractivity contribution is 0.103. The minimum Gasteiger partial charge on any atom is -0.490 e. The number of hydrogen-bond donors (Lipinski definition) is 1. The van der Waals surface area contributed by atoms with Crippen LogP contribution in [0.25, 0.3) is 10.2 Å². The lowest BCUT2D eigenvalue weighted by Crippen LogP contribution is -2.11. The molecule has 0 radical (unpaired) electrons. The van der Waals surface area contributed by atoms with Crippen LogP contribution in [0.5, 0.6) is 11.5 Å². The van der Waals surface area contributed by atoms with Gasteiger partial charge in [-0.3, -0.25) is 9.48 Å². The maximum atomic E-state index is 13.2. The number of fused-ring (bicyclic) bond motifs is 2. The van der Waals surface area contributed by atoms with Crippen LogP contribution >= 0.6 is 22.9 Å². The first-order valence-electron chi connectivity index (χ1n) is 10.1. The fourth-order valence-electron chi connectivity index (χ4n) is 3.56. The Bertz CT molecular complexity index is 1320. The largest absolute Gasteiger partial charge is 0.490 e. The second kappa shape index (κ2) is 8.44. The van der Waals surface area contributed by atoms with E-state index in [0.717, 1.165) is 27.9 Å². The van der Waals surface area contributed by atoms with Crippen LogP contribution in [0.15, 0.2) is 42.5 Å². The Labute approximate surface area is 192 Å². The zero-order valence-electron chi connectivity index (χ0n) is 17.2. The quantitative estimate of drug-likeness (QED) is 0.417. The van der Waals surface area contributed by atoms with Crippen molar-refractivity contribution in [3.05, 3.63) is 69.4 Å². The smallest absolute Gasteiger partial charge is 0.265 e. The summed E-state index contributed by atoms with van der Waals surface area (Å²) >= 11 is 7.72. The van der Waals surface area contributed by atoms with Crippen molar-refractivity contribution in [1.82, 2.24) is 9.78 Å². The Morgan fingerprint density at radius 2 is 1.91 bits per heavy atom. The Morgan fingerprint density at radius 1 is 1.19 bits per heavy atom. The van der Waals surface area contributed by atoms with Crippen LogP contribution in [0.3, 0.4) is 0 Å². The minimum atomic E-state index is -0.279. The molecule has 0 bridgehead atoms. The number of carbonyl (C=O) groups excluding carboxylic acids is 1. The lowest BCUT2D eigenvalue weighted by atomic mass is 10.2. The van der Waals surface area contributed by atoms with Gasteiger partial charge in [0.1, 0.15) is 10.6 Å². The molecule has 1 amide bonds. The van der Waals surface area contributed by atoms with Gasteiger partial charge in [-0.1, -0.05) is 23.7 Å². The average molecular weight is 472 g/mol. The zero-order chi connectivity index (χ0) is 22.2. The molecule has 164 valence electrons. The lowest BCUT2D eigenvalue weighted by Gasteiger charge is -2.12. The number of anilines is 1. The fourth-order valence-corrected chi connectivity index (χ4v) is 4.82. The predicted molar refractivity (Wildman–Crippen MR) is 123 cm³/mol. The molecule has 1 aliphatic heterocycles. The van der Waals surface area contributed by atoms with Crippen molar-refractivity contribution >= 4 is 44.7 Å². The van der Waals surface area contributed by atoms with Gasteiger partial charge in [0.05, 0.1) is 41.0 Å². The summed E-state index contributed by atoms with van der Waals surface area (Å²) in [5.74, 6) is 0.586. The second-order valence-electron chi connectivity index (χ2n) is 7.48. The average Bonchev–Trinajstić information content (AvgIpc) is 3.25. The number of carbonyl (C=O) groups is 1. The molecule has 0 saturated carbocycles. The van der Waals surface area contributed by atoms with Crippen molar-refractivity contribution in [3.8, 4) is 11.5 Å². The molecule has 0 saturated heterocycles. The van der Waals surface area contributed by atoms with Crippen LogP contribution in [0.1, 0.15) is 27.3 Å². The van der Waals surface area contributed by atoms with Crippen molar-refractivity contribution in [3.63, 3.8) is 0 Å². The van der Waals surface area contributed by atoms with E-state index in [9.17, 15) is 9.18 Å². The summed E-state index contributed by atoms with van der Waals surface area (Å²) in [5, 5.41) is 8.73. The monoisotopic (exact) mass is 471 g/mol. The molecular weight excluding hydrogens is 453 g/mol. The number of hydrogen-bond acceptors (Lipinski definition) is 5. The number of aromatic nitrogens is 2. The first-order chi connectivity index (χ1) is 15.5. The first kappa shape index (κ1) is 20.8. The van der Waals surface area contributed by atoms with Crippen molar-refractivity contribution in [2.75, 3.05) is 18.5 Å². The van der Waals surface area contributed by atoms with Crippen LogP contribution < -0.4 is 14.8 Å². The van der Waals surface area contributed by atoms with Crippen molar-refractivity contribution in [2.45, 2.75) is 19.9 Å². The molecule has 0 spiro atoms. The normalized spacial score (nSPS) is 13.2. The molecule has 0 atom stereocenters. The SMILES string of the molecule is Cc1nn(Cc2ccc(F)cc2)c2sc(C(=O)Nc3cc4c(cc3Cl)OCCCO4)cc12. The van der Waals surface area contributed by atoms with Gasteiger partial charge in [-0.05, 0) is 30.7 Å². The summed E-state index contributed by atoms with van der Waals surface area (Å²) in [6.45, 7) is 3.49. The Morgan fingerprint density at radius 3 is 2.66 bits per heavy atom. The van der Waals surface area contributed by atoms with E-state index in [1.807, 2.05) is 17.7 Å². The van der Waals surface area contributed by atoms with Gasteiger partial charge in [0.2, 0.25) is 0 Å². The van der Waals surface area contributed by atoms with Gasteiger partial charge in [-0.25, -0.2) is 4.39 Å². The van der Waals surface area contributed by atoms with Crippen molar-refractivity contribution < 1.29 is 18.7 Å². The van der Waals surface area contributed by atoms with Crippen LogP contribution in [-0.4, -0.2) is 28.9 Å². The molecule has 5 rings (SSSR count). The van der Waals surface area contributed by atoms with E-state index in [4.69, 9.17) is 21.1 Å². The van der Waals surface area contributed by atoms with Gasteiger partial charge in [0.15, 0.2) is 11.5 Å². The minimum absolute atomic E-state index is 0.268. The molecular formula is C23H19ClFN3O3S. The van der Waals surface area contributed by atoms with Gasteiger partial charge in [-0.2, -0.15) is 5.10 Å². The molecule has 32 heavy (non-hydrogen) atoms. The number of benzene rings is 2. The van der Waals surface area contributed by atoms with E-state index in [1.54, 1.807) is 24.3 Å². The maximum Gasteiger partial charge on any atom is 0.265 e. The highest BCUT2D eigenvalue weighted by Gasteiger charge is 2.19. The number of thiophene rings is 1. The molecule has 1 N–H and O–H groups in total. The molecule has 0 fully saturated rings. The van der Waals surface area contributed by atoms with E-state index in [2.05, 4.69) is 10.4 Å². The summed E-state index contributed by atoms with van der Waals surface area (Å²) in [4.78, 5) is 14.4. The molecule has 1 aliphatic rings. The van der Waals surface area contributed by atoms with Crippen molar-refractivity contribution in [2.24, 2.45) is 0 Å². The van der Waals surface area contributed by atoms with Crippen LogP contribution in [0.4, 0.5) is 10.1 Å². The second-order valence-corrected chi connectivity index (χ2v) is 8.92. The fraction of sp³-hybridized carbons (Fsp3) is 0.217. The molecule has 2 aromatic heterocycles. The maximum absolute atomic E-state index is 13.2. The Hall–Kier alpha value is -3.10. The highest BCUT2D eigenvalue weighted by Crippen LogP contribution is 2.38. The number of amides is 1. The van der Waals surface area contributed by atoms with Crippen LogP contribution in [0, 0.1) is 12.7 Å². The van der Waals surface area contributed by atoms with Gasteiger partial charge in [0, 0.05) is 23.9 Å². The van der Waals surface area contributed by atoms with Gasteiger partial charge < -0.3 is 14.8 Å². The molecule has 4 aromatic rings. The van der Waals surface area contributed by atoms with E-state index < -0.39 is 0 Å². The highest BCUT2D eigenvalue weighted by atomic mass is 35.5. The summed E-state index contributed by atoms with van der Waals surface area (Å²) in [5.41, 5.74) is 2.21. The summed E-state index contributed by atoms with van der Waals surface area (Å²) in [6, 6.07) is 11.5.